The van der Waals surface area contributed by atoms with E-state index in [1.54, 1.807) is 34.7 Å². The van der Waals surface area contributed by atoms with E-state index in [1.807, 2.05) is 26.0 Å². The summed E-state index contributed by atoms with van der Waals surface area (Å²) in [6.07, 6.45) is 1.70. The van der Waals surface area contributed by atoms with Crippen molar-refractivity contribution in [2.45, 2.75) is 13.8 Å². The van der Waals surface area contributed by atoms with Crippen LogP contribution in [0.4, 0.5) is 5.69 Å². The molecule has 0 atom stereocenters. The fraction of sp³-hybridized carbons (Fsp3) is 0.0909. The quantitative estimate of drug-likeness (QED) is 0.323. The Morgan fingerprint density at radius 1 is 1.10 bits per heavy atom. The molecule has 0 radical (unpaired) electrons. The first-order chi connectivity index (χ1) is 14.4. The number of non-ortho nitro benzene ring substituents is 1. The molecule has 0 unspecified atom stereocenters. The van der Waals surface area contributed by atoms with Crippen molar-refractivity contribution in [2.24, 2.45) is 0 Å². The van der Waals surface area contributed by atoms with Crippen molar-refractivity contribution in [1.29, 1.82) is 0 Å². The lowest BCUT2D eigenvalue weighted by molar-refractivity contribution is -0.384. The van der Waals surface area contributed by atoms with Gasteiger partial charge < -0.3 is 4.42 Å². The van der Waals surface area contributed by atoms with E-state index in [9.17, 15) is 14.9 Å². The Morgan fingerprint density at radius 3 is 2.57 bits per heavy atom. The Hall–Kier alpha value is -3.78. The minimum Gasteiger partial charge on any atom is -0.457 e. The zero-order valence-electron chi connectivity index (χ0n) is 16.1. The number of hydrogen-bond donors (Lipinski definition) is 0. The van der Waals surface area contributed by atoms with Crippen LogP contribution >= 0.6 is 11.3 Å². The van der Waals surface area contributed by atoms with Crippen LogP contribution < -0.4 is 10.1 Å². The number of thiazole rings is 1. The lowest BCUT2D eigenvalue weighted by Crippen LogP contribution is -2.22. The molecule has 0 aliphatic carbocycles. The van der Waals surface area contributed by atoms with Gasteiger partial charge in [-0.05, 0) is 61.4 Å². The summed E-state index contributed by atoms with van der Waals surface area (Å²) in [5.41, 5.74) is 4.48. The second kappa shape index (κ2) is 6.64. The van der Waals surface area contributed by atoms with Gasteiger partial charge in [-0.2, -0.15) is 0 Å². The van der Waals surface area contributed by atoms with E-state index in [0.717, 1.165) is 27.7 Å². The van der Waals surface area contributed by atoms with Crippen molar-refractivity contribution in [1.82, 2.24) is 9.38 Å². The first-order valence-electron chi connectivity index (χ1n) is 9.19. The molecule has 0 saturated carbocycles. The molecule has 30 heavy (non-hydrogen) atoms. The summed E-state index contributed by atoms with van der Waals surface area (Å²) in [7, 11) is 0. The van der Waals surface area contributed by atoms with Crippen LogP contribution in [0.25, 0.3) is 33.4 Å². The molecule has 0 fully saturated rings. The third kappa shape index (κ3) is 2.89. The van der Waals surface area contributed by atoms with E-state index in [0.29, 0.717) is 21.0 Å². The van der Waals surface area contributed by atoms with Crippen molar-refractivity contribution >= 4 is 39.1 Å². The molecule has 0 saturated heterocycles. The first-order valence-corrected chi connectivity index (χ1v) is 10.0. The highest BCUT2D eigenvalue weighted by molar-refractivity contribution is 7.15. The minimum atomic E-state index is -0.444. The largest absolute Gasteiger partial charge is 0.457 e. The zero-order valence-corrected chi connectivity index (χ0v) is 16.9. The summed E-state index contributed by atoms with van der Waals surface area (Å²) in [4.78, 5) is 28.6. The average molecular weight is 417 g/mol. The molecule has 5 aromatic rings. The standard InChI is InChI=1S/C22H15N3O4S/c1-12-9-17-18(10-13(12)2)24-21(26)20(30-22(24)23-17)11-16-7-8-19(29-16)14-3-5-15(6-4-14)25(27)28/h3-11H,1-2H3/b20-11-. The summed E-state index contributed by atoms with van der Waals surface area (Å²) >= 11 is 1.32. The van der Waals surface area contributed by atoms with Crippen molar-refractivity contribution in [3.63, 3.8) is 0 Å². The van der Waals surface area contributed by atoms with Crippen LogP contribution in [0.1, 0.15) is 16.9 Å². The number of hydrogen-bond acceptors (Lipinski definition) is 6. The Balaban J connectivity index is 1.57. The molecule has 8 heteroatoms. The maximum atomic E-state index is 13.0. The summed E-state index contributed by atoms with van der Waals surface area (Å²) in [6.45, 7) is 4.04. The fourth-order valence-electron chi connectivity index (χ4n) is 3.38. The fourth-order valence-corrected chi connectivity index (χ4v) is 4.35. The van der Waals surface area contributed by atoms with Gasteiger partial charge in [-0.15, -0.1) is 0 Å². The molecule has 0 N–H and O–H groups in total. The van der Waals surface area contributed by atoms with Crippen molar-refractivity contribution in [3.8, 4) is 11.3 Å². The van der Waals surface area contributed by atoms with Gasteiger partial charge in [-0.3, -0.25) is 14.9 Å². The maximum Gasteiger partial charge on any atom is 0.275 e. The second-order valence-electron chi connectivity index (χ2n) is 7.08. The molecule has 0 spiro atoms. The SMILES string of the molecule is Cc1cc2nc3s/c(=C\c4ccc(-c5ccc([N+](=O)[O-])cc5)o4)c(=O)n3c2cc1C. The summed E-state index contributed by atoms with van der Waals surface area (Å²) in [5, 5.41) is 10.8. The Morgan fingerprint density at radius 2 is 1.83 bits per heavy atom. The Bertz CT molecular complexity index is 1560. The number of nitrogens with zero attached hydrogens (tertiary/aromatic N) is 3. The Kier molecular flexibility index (Phi) is 4.04. The molecule has 3 heterocycles. The maximum absolute atomic E-state index is 13.0. The van der Waals surface area contributed by atoms with Crippen LogP contribution in [0, 0.1) is 24.0 Å². The first kappa shape index (κ1) is 18.3. The number of furan rings is 1. The minimum absolute atomic E-state index is 0.0210. The highest BCUT2D eigenvalue weighted by Crippen LogP contribution is 2.25. The summed E-state index contributed by atoms with van der Waals surface area (Å²) < 4.78 is 8.00. The van der Waals surface area contributed by atoms with Crippen molar-refractivity contribution in [2.75, 3.05) is 0 Å². The molecule has 0 aliphatic heterocycles. The van der Waals surface area contributed by atoms with Crippen LogP contribution in [0.3, 0.4) is 0 Å². The van der Waals surface area contributed by atoms with E-state index in [1.165, 1.54) is 23.5 Å². The van der Waals surface area contributed by atoms with Gasteiger partial charge in [0.15, 0.2) is 4.96 Å². The van der Waals surface area contributed by atoms with Gasteiger partial charge in [-0.25, -0.2) is 9.38 Å². The number of nitro groups is 1. The third-order valence-corrected chi connectivity index (χ3v) is 6.09. The lowest BCUT2D eigenvalue weighted by atomic mass is 10.1. The van der Waals surface area contributed by atoms with Crippen LogP contribution in [0.5, 0.6) is 0 Å². The highest BCUT2D eigenvalue weighted by Gasteiger charge is 2.13. The number of aryl methyl sites for hydroxylation is 2. The van der Waals surface area contributed by atoms with Crippen LogP contribution in [0.2, 0.25) is 0 Å². The number of benzene rings is 2. The van der Waals surface area contributed by atoms with E-state index >= 15 is 0 Å². The number of nitro benzene ring substituents is 1. The molecule has 5 rings (SSSR count). The zero-order chi connectivity index (χ0) is 21.0. The lowest BCUT2D eigenvalue weighted by Gasteiger charge is -1.98. The molecule has 0 bridgehead atoms. The van der Waals surface area contributed by atoms with Crippen LogP contribution in [0.15, 0.2) is 57.7 Å². The predicted octanol–water partition coefficient (Wildman–Crippen LogP) is 4.24. The normalized spacial score (nSPS) is 12.3. The van der Waals surface area contributed by atoms with Gasteiger partial charge in [-0.1, -0.05) is 11.3 Å². The van der Waals surface area contributed by atoms with Gasteiger partial charge in [0.2, 0.25) is 0 Å². The number of rotatable bonds is 3. The summed E-state index contributed by atoms with van der Waals surface area (Å²) in [6, 6.07) is 13.7. The predicted molar refractivity (Wildman–Crippen MR) is 116 cm³/mol. The molecular formula is C22H15N3O4S. The molecule has 0 aliphatic rings. The number of fused-ring (bicyclic) bond motifs is 3. The van der Waals surface area contributed by atoms with Crippen LogP contribution in [-0.2, 0) is 0 Å². The van der Waals surface area contributed by atoms with Gasteiger partial charge in [0.25, 0.3) is 11.2 Å². The van der Waals surface area contributed by atoms with Gasteiger partial charge in [0, 0.05) is 23.8 Å². The monoisotopic (exact) mass is 417 g/mol. The molecular weight excluding hydrogens is 402 g/mol. The molecule has 148 valence electrons. The van der Waals surface area contributed by atoms with Crippen molar-refractivity contribution < 1.29 is 9.34 Å². The smallest absolute Gasteiger partial charge is 0.275 e. The van der Waals surface area contributed by atoms with E-state index < -0.39 is 4.92 Å². The topological polar surface area (TPSA) is 90.7 Å². The highest BCUT2D eigenvalue weighted by atomic mass is 32.1. The molecule has 0 amide bonds. The van der Waals surface area contributed by atoms with E-state index in [4.69, 9.17) is 4.42 Å². The van der Waals surface area contributed by atoms with E-state index in [2.05, 4.69) is 4.98 Å². The molecule has 7 nitrogen and oxygen atoms in total. The number of aromatic nitrogens is 2. The van der Waals surface area contributed by atoms with Crippen LogP contribution in [-0.4, -0.2) is 14.3 Å². The van der Waals surface area contributed by atoms with Crippen molar-refractivity contribution in [3.05, 3.63) is 90.4 Å². The Labute approximate surface area is 173 Å². The second-order valence-corrected chi connectivity index (χ2v) is 8.09. The summed E-state index contributed by atoms with van der Waals surface area (Å²) in [5.74, 6) is 1.10. The van der Waals surface area contributed by atoms with Gasteiger partial charge >= 0.3 is 0 Å². The molecule has 3 aromatic heterocycles. The average Bonchev–Trinajstić information content (AvgIpc) is 3.39. The van der Waals surface area contributed by atoms with E-state index in [-0.39, 0.29) is 11.2 Å². The number of imidazole rings is 1. The van der Waals surface area contributed by atoms with Gasteiger partial charge in [0.05, 0.1) is 16.0 Å². The molecule has 2 aromatic carbocycles. The van der Waals surface area contributed by atoms with Gasteiger partial charge in [0.1, 0.15) is 16.1 Å². The third-order valence-electron chi connectivity index (χ3n) is 5.12.